The molecule has 0 spiro atoms. The van der Waals surface area contributed by atoms with Gasteiger partial charge in [-0.25, -0.2) is 5.01 Å². The highest BCUT2D eigenvalue weighted by molar-refractivity contribution is 6.02. The second-order valence-electron chi connectivity index (χ2n) is 8.98. The van der Waals surface area contributed by atoms with Crippen molar-refractivity contribution in [2.45, 2.75) is 25.1 Å². The molecule has 6 rings (SSSR count). The molecule has 0 N–H and O–H groups in total. The summed E-state index contributed by atoms with van der Waals surface area (Å²) in [6.45, 7) is 1.97. The predicted octanol–water partition coefficient (Wildman–Crippen LogP) is 6.68. The molecule has 6 heteroatoms. The van der Waals surface area contributed by atoms with E-state index in [0.717, 1.165) is 40.1 Å². The van der Waals surface area contributed by atoms with Crippen molar-refractivity contribution in [2.24, 2.45) is 5.10 Å². The van der Waals surface area contributed by atoms with Gasteiger partial charge < -0.3 is 4.74 Å². The summed E-state index contributed by atoms with van der Waals surface area (Å²) in [7, 11) is 0. The highest BCUT2D eigenvalue weighted by atomic mass is 16.6. The van der Waals surface area contributed by atoms with Crippen LogP contribution in [0.3, 0.4) is 0 Å². The van der Waals surface area contributed by atoms with Crippen molar-refractivity contribution >= 4 is 11.4 Å². The summed E-state index contributed by atoms with van der Waals surface area (Å²) >= 11 is 0. The minimum absolute atomic E-state index is 0.00365. The fraction of sp³-hybridized carbons (Fsp3) is 0.138. The molecule has 2 aliphatic heterocycles. The van der Waals surface area contributed by atoms with Crippen molar-refractivity contribution in [3.05, 3.63) is 130 Å². The van der Waals surface area contributed by atoms with E-state index in [9.17, 15) is 10.1 Å². The fourth-order valence-corrected chi connectivity index (χ4v) is 5.00. The molecule has 0 saturated carbocycles. The van der Waals surface area contributed by atoms with Crippen molar-refractivity contribution in [3.8, 4) is 16.9 Å². The van der Waals surface area contributed by atoms with Gasteiger partial charge in [0.25, 0.3) is 5.69 Å². The molecule has 0 saturated heterocycles. The first kappa shape index (κ1) is 21.1. The van der Waals surface area contributed by atoms with E-state index in [1.165, 1.54) is 17.7 Å². The molecule has 4 aromatic carbocycles. The molecule has 0 amide bonds. The highest BCUT2D eigenvalue weighted by Gasteiger charge is 2.48. The van der Waals surface area contributed by atoms with Gasteiger partial charge in [0, 0.05) is 36.6 Å². The van der Waals surface area contributed by atoms with E-state index in [-0.39, 0.29) is 11.7 Å². The van der Waals surface area contributed by atoms with E-state index in [4.69, 9.17) is 9.84 Å². The Balaban J connectivity index is 1.39. The van der Waals surface area contributed by atoms with Gasteiger partial charge in [0.1, 0.15) is 5.75 Å². The number of hydrogen-bond donors (Lipinski definition) is 0. The summed E-state index contributed by atoms with van der Waals surface area (Å²) in [4.78, 5) is 10.8. The molecule has 0 unspecified atom stereocenters. The molecule has 0 aromatic heterocycles. The Morgan fingerprint density at radius 3 is 2.20 bits per heavy atom. The van der Waals surface area contributed by atoms with Crippen LogP contribution in [-0.2, 0) is 5.72 Å². The molecular formula is C29H23N3O3. The number of para-hydroxylation sites is 1. The van der Waals surface area contributed by atoms with Crippen LogP contribution >= 0.6 is 0 Å². The molecule has 0 radical (unpaired) electrons. The third-order valence-electron chi connectivity index (χ3n) is 6.87. The Hall–Kier alpha value is -4.45. The lowest BCUT2D eigenvalue weighted by Gasteiger charge is -2.45. The van der Waals surface area contributed by atoms with Crippen molar-refractivity contribution in [3.63, 3.8) is 0 Å². The molecule has 2 atom stereocenters. The van der Waals surface area contributed by atoms with Crippen LogP contribution in [0.15, 0.2) is 108 Å². The van der Waals surface area contributed by atoms with E-state index in [1.54, 1.807) is 12.1 Å². The number of non-ortho nitro benzene ring substituents is 1. The van der Waals surface area contributed by atoms with E-state index >= 15 is 0 Å². The monoisotopic (exact) mass is 461 g/mol. The maximum Gasteiger partial charge on any atom is 0.269 e. The lowest BCUT2D eigenvalue weighted by atomic mass is 9.92. The number of nitrogens with zero attached hydrogens (tertiary/aromatic N) is 3. The standard InChI is InChI=1S/C29H23N3O3/c1-29(23-15-17-24(18-16-23)32(33)34)31-27(25-9-5-6-10-28(25)35-29)19-26(30-31)22-13-11-21(12-14-22)20-7-3-2-4-8-20/h2-18,27H,19H2,1H3/t27-,29+/m0/s1. The number of hydrogen-bond acceptors (Lipinski definition) is 5. The quantitative estimate of drug-likeness (QED) is 0.251. The Bertz CT molecular complexity index is 1430. The smallest absolute Gasteiger partial charge is 0.269 e. The van der Waals surface area contributed by atoms with Gasteiger partial charge >= 0.3 is 0 Å². The number of fused-ring (bicyclic) bond motifs is 3. The van der Waals surface area contributed by atoms with E-state index < -0.39 is 10.6 Å². The van der Waals surface area contributed by atoms with Crippen LogP contribution in [0, 0.1) is 10.1 Å². The largest absolute Gasteiger partial charge is 0.462 e. The lowest BCUT2D eigenvalue weighted by molar-refractivity contribution is -0.384. The van der Waals surface area contributed by atoms with E-state index in [2.05, 4.69) is 42.5 Å². The highest BCUT2D eigenvalue weighted by Crippen LogP contribution is 2.50. The summed E-state index contributed by atoms with van der Waals surface area (Å²) in [5, 5.41) is 18.2. The van der Waals surface area contributed by atoms with Crippen molar-refractivity contribution in [1.29, 1.82) is 0 Å². The Kier molecular flexibility index (Phi) is 4.88. The third kappa shape index (κ3) is 3.54. The first-order valence-electron chi connectivity index (χ1n) is 11.6. The average molecular weight is 462 g/mol. The van der Waals surface area contributed by atoms with Gasteiger partial charge in [-0.3, -0.25) is 10.1 Å². The van der Waals surface area contributed by atoms with E-state index in [0.29, 0.717) is 0 Å². The second kappa shape index (κ2) is 8.09. The summed E-state index contributed by atoms with van der Waals surface area (Å²) in [6.07, 6.45) is 0.744. The summed E-state index contributed by atoms with van der Waals surface area (Å²) in [6, 6.07) is 33.4. The zero-order valence-corrected chi connectivity index (χ0v) is 19.2. The Labute approximate surface area is 203 Å². The van der Waals surface area contributed by atoms with E-state index in [1.807, 2.05) is 48.3 Å². The number of ether oxygens (including phenoxy) is 1. The number of hydrazone groups is 1. The predicted molar refractivity (Wildman–Crippen MR) is 135 cm³/mol. The molecule has 6 nitrogen and oxygen atoms in total. The van der Waals surface area contributed by atoms with Gasteiger partial charge in [-0.2, -0.15) is 5.10 Å². The molecule has 2 aliphatic rings. The van der Waals surface area contributed by atoms with Gasteiger partial charge in [0.05, 0.1) is 16.7 Å². The van der Waals surface area contributed by atoms with Crippen LogP contribution in [0.25, 0.3) is 11.1 Å². The number of rotatable bonds is 4. The normalized spacial score (nSPS) is 20.4. The zero-order chi connectivity index (χ0) is 24.0. The van der Waals surface area contributed by atoms with Crippen LogP contribution in [0.4, 0.5) is 5.69 Å². The van der Waals surface area contributed by atoms with Gasteiger partial charge in [-0.1, -0.05) is 72.8 Å². The van der Waals surface area contributed by atoms with Crippen molar-refractivity contribution in [2.75, 3.05) is 0 Å². The summed E-state index contributed by atoms with van der Waals surface area (Å²) in [5.41, 5.74) is 5.45. The Morgan fingerprint density at radius 2 is 1.49 bits per heavy atom. The van der Waals surface area contributed by atoms with Crippen LogP contribution in [0.2, 0.25) is 0 Å². The summed E-state index contributed by atoms with van der Waals surface area (Å²) in [5.74, 6) is 0.811. The summed E-state index contributed by atoms with van der Waals surface area (Å²) < 4.78 is 6.53. The Morgan fingerprint density at radius 1 is 0.857 bits per heavy atom. The molecule has 0 fully saturated rings. The van der Waals surface area contributed by atoms with Crippen LogP contribution < -0.4 is 4.74 Å². The molecular weight excluding hydrogens is 438 g/mol. The third-order valence-corrected chi connectivity index (χ3v) is 6.87. The number of nitro groups is 1. The second-order valence-corrected chi connectivity index (χ2v) is 8.98. The minimum Gasteiger partial charge on any atom is -0.462 e. The molecule has 0 aliphatic carbocycles. The van der Waals surface area contributed by atoms with Crippen molar-refractivity contribution < 1.29 is 9.66 Å². The molecule has 172 valence electrons. The topological polar surface area (TPSA) is 68.0 Å². The first-order valence-corrected chi connectivity index (χ1v) is 11.6. The van der Waals surface area contributed by atoms with Crippen LogP contribution in [0.1, 0.15) is 36.1 Å². The van der Waals surface area contributed by atoms with Crippen LogP contribution in [-0.4, -0.2) is 15.6 Å². The van der Waals surface area contributed by atoms with Gasteiger partial charge in [0.15, 0.2) is 0 Å². The molecule has 0 bridgehead atoms. The van der Waals surface area contributed by atoms with Gasteiger partial charge in [-0.15, -0.1) is 0 Å². The maximum absolute atomic E-state index is 11.2. The number of nitro benzene ring substituents is 1. The molecule has 35 heavy (non-hydrogen) atoms. The fourth-order valence-electron chi connectivity index (χ4n) is 5.00. The molecule has 4 aromatic rings. The van der Waals surface area contributed by atoms with Gasteiger partial charge in [0.2, 0.25) is 5.72 Å². The first-order chi connectivity index (χ1) is 17.0. The maximum atomic E-state index is 11.2. The molecule has 2 heterocycles. The lowest BCUT2D eigenvalue weighted by Crippen LogP contribution is -2.48. The zero-order valence-electron chi connectivity index (χ0n) is 19.2. The number of benzene rings is 4. The SMILES string of the molecule is C[C@]1(c2ccc([N+](=O)[O-])cc2)Oc2ccccc2[C@@H]2CC(c3ccc(-c4ccccc4)cc3)=NN21. The van der Waals surface area contributed by atoms with Crippen molar-refractivity contribution in [1.82, 2.24) is 5.01 Å². The minimum atomic E-state index is -0.903. The van der Waals surface area contributed by atoms with Gasteiger partial charge in [-0.05, 0) is 34.9 Å². The van der Waals surface area contributed by atoms with Crippen LogP contribution in [0.5, 0.6) is 5.75 Å². The average Bonchev–Trinajstić information content (AvgIpc) is 3.36.